The van der Waals surface area contributed by atoms with Crippen molar-refractivity contribution in [3.05, 3.63) is 59.7 Å². The summed E-state index contributed by atoms with van der Waals surface area (Å²) in [5.74, 6) is 6.18. The summed E-state index contributed by atoms with van der Waals surface area (Å²) in [4.78, 5) is 0. The lowest BCUT2D eigenvalue weighted by molar-refractivity contribution is 0.234. The van der Waals surface area contributed by atoms with Crippen molar-refractivity contribution in [2.24, 2.45) is 23.7 Å². The van der Waals surface area contributed by atoms with Crippen LogP contribution in [0.25, 0.3) is 0 Å². The van der Waals surface area contributed by atoms with Gasteiger partial charge in [-0.1, -0.05) is 88.7 Å². The van der Waals surface area contributed by atoms with Gasteiger partial charge in [0.1, 0.15) is 11.5 Å². The Kier molecular flexibility index (Phi) is 8.98. The van der Waals surface area contributed by atoms with E-state index in [0.29, 0.717) is 11.8 Å². The molecule has 5 aliphatic rings. The number of hydrogen-bond acceptors (Lipinski definition) is 1. The van der Waals surface area contributed by atoms with E-state index in [1.165, 1.54) is 128 Å². The highest BCUT2D eigenvalue weighted by molar-refractivity contribution is 5.41. The van der Waals surface area contributed by atoms with E-state index in [9.17, 15) is 0 Å². The molecule has 0 aromatic heterocycles. The van der Waals surface area contributed by atoms with Crippen LogP contribution in [0.2, 0.25) is 0 Å². The molecule has 2 unspecified atom stereocenters. The van der Waals surface area contributed by atoms with Gasteiger partial charge in [-0.25, -0.2) is 0 Å². The Balaban J connectivity index is 1.31. The van der Waals surface area contributed by atoms with Gasteiger partial charge in [-0.05, 0) is 116 Å². The first-order valence-corrected chi connectivity index (χ1v) is 16.8. The van der Waals surface area contributed by atoms with Crippen LogP contribution < -0.4 is 4.74 Å². The molecule has 0 amide bonds. The van der Waals surface area contributed by atoms with E-state index in [-0.39, 0.29) is 0 Å². The molecule has 6 rings (SSSR count). The third kappa shape index (κ3) is 6.28. The molecule has 38 heavy (non-hydrogen) atoms. The van der Waals surface area contributed by atoms with Crippen molar-refractivity contribution in [1.82, 2.24) is 0 Å². The van der Waals surface area contributed by atoms with E-state index in [1.807, 2.05) is 0 Å². The van der Waals surface area contributed by atoms with Crippen molar-refractivity contribution in [2.45, 2.75) is 140 Å². The maximum Gasteiger partial charge on any atom is 0.127 e. The van der Waals surface area contributed by atoms with E-state index < -0.39 is 0 Å². The molecule has 2 atom stereocenters. The van der Waals surface area contributed by atoms with Crippen molar-refractivity contribution >= 4 is 0 Å². The first-order chi connectivity index (χ1) is 18.7. The normalized spacial score (nSPS) is 29.1. The van der Waals surface area contributed by atoms with Crippen LogP contribution in [0.5, 0.6) is 5.75 Å². The highest BCUT2D eigenvalue weighted by Crippen LogP contribution is 2.46. The summed E-state index contributed by atoms with van der Waals surface area (Å²) in [5.41, 5.74) is 4.75. The highest BCUT2D eigenvalue weighted by Gasteiger charge is 2.32. The minimum Gasteiger partial charge on any atom is -0.458 e. The van der Waals surface area contributed by atoms with Gasteiger partial charge in [0, 0.05) is 0 Å². The average Bonchev–Trinajstić information content (AvgIpc) is 2.99. The minimum atomic E-state index is 0.430. The predicted molar refractivity (Wildman–Crippen MR) is 160 cm³/mol. The van der Waals surface area contributed by atoms with Gasteiger partial charge in [-0.15, -0.1) is 5.92 Å². The van der Waals surface area contributed by atoms with Gasteiger partial charge >= 0.3 is 0 Å². The molecule has 0 aliphatic heterocycles. The van der Waals surface area contributed by atoms with Crippen LogP contribution in [0.1, 0.15) is 151 Å². The predicted octanol–water partition coefficient (Wildman–Crippen LogP) is 11.2. The maximum absolute atomic E-state index is 6.97. The molecule has 0 saturated heterocycles. The highest BCUT2D eigenvalue weighted by atomic mass is 16.5. The topological polar surface area (TPSA) is 9.23 Å². The monoisotopic (exact) mass is 513 g/mol. The van der Waals surface area contributed by atoms with E-state index in [2.05, 4.69) is 30.4 Å². The van der Waals surface area contributed by atoms with Crippen LogP contribution in [-0.2, 0) is 0 Å². The van der Waals surface area contributed by atoms with Gasteiger partial charge in [-0.2, -0.15) is 0 Å². The van der Waals surface area contributed by atoms with Gasteiger partial charge in [0.2, 0.25) is 0 Å². The first-order valence-electron chi connectivity index (χ1n) is 16.8. The zero-order valence-corrected chi connectivity index (χ0v) is 24.1. The van der Waals surface area contributed by atoms with E-state index >= 15 is 0 Å². The van der Waals surface area contributed by atoms with Crippen molar-refractivity contribution in [3.63, 3.8) is 0 Å². The van der Waals surface area contributed by atoms with Crippen LogP contribution in [-0.4, -0.2) is 0 Å². The minimum absolute atomic E-state index is 0.430. The molecule has 0 heterocycles. The summed E-state index contributed by atoms with van der Waals surface area (Å²) in [6, 6.07) is 7.46. The lowest BCUT2D eigenvalue weighted by Crippen LogP contribution is -2.30. The molecule has 1 aromatic rings. The Labute approximate surface area is 233 Å². The Morgan fingerprint density at radius 1 is 0.553 bits per heavy atom. The van der Waals surface area contributed by atoms with Gasteiger partial charge < -0.3 is 11.7 Å². The number of allylic oxidation sites excluding steroid dienone is 3. The van der Waals surface area contributed by atoms with Crippen LogP contribution >= 0.6 is 0 Å². The summed E-state index contributed by atoms with van der Waals surface area (Å²) in [6.45, 7) is 4.83. The Morgan fingerprint density at radius 3 is 1.55 bits per heavy atom. The molecule has 5 aliphatic carbocycles. The summed E-state index contributed by atoms with van der Waals surface area (Å²) in [5, 5.41) is 0. The molecule has 0 spiro atoms. The molecule has 4 saturated carbocycles. The van der Waals surface area contributed by atoms with Crippen LogP contribution in [0.3, 0.4) is 0 Å². The van der Waals surface area contributed by atoms with E-state index in [4.69, 9.17) is 11.7 Å². The Morgan fingerprint density at radius 2 is 1.03 bits per heavy atom. The summed E-state index contributed by atoms with van der Waals surface area (Å²) >= 11 is 0. The van der Waals surface area contributed by atoms with Crippen LogP contribution in [0.15, 0.2) is 41.7 Å². The number of hydrogen-bond donors (Lipinski definition) is 0. The van der Waals surface area contributed by atoms with Crippen molar-refractivity contribution < 1.29 is 4.74 Å². The summed E-state index contributed by atoms with van der Waals surface area (Å²) in [7, 11) is 0. The fraction of sp³-hybridized carbons (Fsp3) is 0.703. The average molecular weight is 514 g/mol. The zero-order chi connectivity index (χ0) is 25.7. The third-order valence-corrected chi connectivity index (χ3v) is 11.2. The molecule has 4 fully saturated rings. The quantitative estimate of drug-likeness (QED) is 0.344. The molecule has 208 valence electrons. The van der Waals surface area contributed by atoms with Crippen molar-refractivity contribution in [2.75, 3.05) is 0 Å². The van der Waals surface area contributed by atoms with Crippen molar-refractivity contribution in [1.29, 1.82) is 0 Å². The van der Waals surface area contributed by atoms with Gasteiger partial charge in [-0.3, -0.25) is 0 Å². The first kappa shape index (κ1) is 26.7. The van der Waals surface area contributed by atoms with Crippen LogP contribution in [0.4, 0.5) is 0 Å². The van der Waals surface area contributed by atoms with E-state index in [0.717, 1.165) is 35.2 Å². The number of ether oxygens (including phenoxy) is 1. The smallest absolute Gasteiger partial charge is 0.127 e. The van der Waals surface area contributed by atoms with Gasteiger partial charge in [0.05, 0.1) is 0 Å². The fourth-order valence-electron chi connectivity index (χ4n) is 8.94. The fourth-order valence-corrected chi connectivity index (χ4v) is 8.94. The molecule has 1 aromatic carbocycles. The number of benzene rings is 1. The lowest BCUT2D eigenvalue weighted by Gasteiger charge is -2.43. The lowest BCUT2D eigenvalue weighted by atomic mass is 9.66. The SMILES string of the molecule is [CH2-]C1C(C2CCCCC2)=CC(Oc2cc(C3CCCCC3)cc(C3CCCCC3)c2)=CC1C1CCCCC1. The van der Waals surface area contributed by atoms with Crippen molar-refractivity contribution in [3.8, 4) is 5.75 Å². The molecule has 0 bridgehead atoms. The second-order valence-corrected chi connectivity index (χ2v) is 13.7. The van der Waals surface area contributed by atoms with Gasteiger partial charge in [0.15, 0.2) is 0 Å². The maximum atomic E-state index is 6.97. The second kappa shape index (κ2) is 12.8. The Hall–Kier alpha value is -1.50. The molecular weight excluding hydrogens is 460 g/mol. The second-order valence-electron chi connectivity index (χ2n) is 13.7. The molecule has 1 nitrogen and oxygen atoms in total. The summed E-state index contributed by atoms with van der Waals surface area (Å²) in [6.07, 6.45) is 32.6. The largest absolute Gasteiger partial charge is 0.458 e. The van der Waals surface area contributed by atoms with Gasteiger partial charge in [0.25, 0.3) is 0 Å². The Bertz CT molecular complexity index is 924. The molecule has 0 N–H and O–H groups in total. The summed E-state index contributed by atoms with van der Waals surface area (Å²) < 4.78 is 6.97. The molecule has 1 heteroatoms. The third-order valence-electron chi connectivity index (χ3n) is 11.2. The molecule has 0 radical (unpaired) electrons. The number of rotatable bonds is 6. The zero-order valence-electron chi connectivity index (χ0n) is 24.1. The van der Waals surface area contributed by atoms with Crippen LogP contribution in [0, 0.1) is 30.6 Å². The molecular formula is C37H53O-. The standard InChI is InChI=1S/C37H53O/c1-27-36(30-18-10-4-11-19-30)25-35(26-37(27)31-20-12-5-13-21-31)38-34-23-32(28-14-6-2-7-15-28)22-33(24-34)29-16-8-3-9-17-29/h22-31,36H,1-21H2/q-1. The van der Waals surface area contributed by atoms with E-state index in [1.54, 1.807) is 16.7 Å².